The van der Waals surface area contributed by atoms with Crippen molar-refractivity contribution in [3.63, 3.8) is 0 Å². The molecular weight excluding hydrogens is 435 g/mol. The van der Waals surface area contributed by atoms with E-state index < -0.39 is 23.3 Å². The van der Waals surface area contributed by atoms with Crippen molar-refractivity contribution in [3.05, 3.63) is 74.8 Å². The molecule has 0 bridgehead atoms. The molecule has 164 valence electrons. The highest BCUT2D eigenvalue weighted by Crippen LogP contribution is 2.29. The maximum absolute atomic E-state index is 12.9. The van der Waals surface area contributed by atoms with Crippen molar-refractivity contribution < 1.29 is 22.7 Å². The molecular formula is C21H19ClF3N3O3. The summed E-state index contributed by atoms with van der Waals surface area (Å²) in [6, 6.07) is 8.69. The summed E-state index contributed by atoms with van der Waals surface area (Å²) in [5, 5.41) is 3.95. The lowest BCUT2D eigenvalue weighted by atomic mass is 10.0. The number of alkyl halides is 3. The van der Waals surface area contributed by atoms with Gasteiger partial charge in [0.05, 0.1) is 18.8 Å². The molecule has 3 aromatic rings. The fraction of sp³-hybridized carbons (Fsp3) is 0.286. The van der Waals surface area contributed by atoms with E-state index in [-0.39, 0.29) is 24.4 Å². The van der Waals surface area contributed by atoms with Gasteiger partial charge in [0, 0.05) is 35.1 Å². The monoisotopic (exact) mass is 453 g/mol. The van der Waals surface area contributed by atoms with Crippen LogP contribution in [0.25, 0.3) is 11.3 Å². The van der Waals surface area contributed by atoms with Crippen LogP contribution in [0.15, 0.2) is 47.4 Å². The maximum atomic E-state index is 12.9. The first-order valence-electron chi connectivity index (χ1n) is 9.46. The summed E-state index contributed by atoms with van der Waals surface area (Å²) in [6.45, 7) is 3.72. The summed E-state index contributed by atoms with van der Waals surface area (Å²) in [4.78, 5) is 25.5. The van der Waals surface area contributed by atoms with Gasteiger partial charge in [-0.2, -0.15) is 18.3 Å². The van der Waals surface area contributed by atoms with E-state index in [1.807, 2.05) is 0 Å². The smallest absolute Gasteiger partial charge is 0.435 e. The number of carbonyl (C=O) groups excluding carboxylic acids is 1. The van der Waals surface area contributed by atoms with E-state index >= 15 is 0 Å². The van der Waals surface area contributed by atoms with Gasteiger partial charge in [0.15, 0.2) is 11.1 Å². The number of hydrogen-bond acceptors (Lipinski definition) is 4. The Morgan fingerprint density at radius 2 is 1.94 bits per heavy atom. The molecule has 0 radical (unpaired) electrons. The number of esters is 1. The topological polar surface area (TPSA) is 66.1 Å². The lowest BCUT2D eigenvalue weighted by molar-refractivity contribution is -0.141. The third kappa shape index (κ3) is 4.82. The van der Waals surface area contributed by atoms with Crippen LogP contribution in [0.1, 0.15) is 35.6 Å². The fourth-order valence-corrected chi connectivity index (χ4v) is 3.48. The van der Waals surface area contributed by atoms with Crippen molar-refractivity contribution in [1.82, 2.24) is 14.3 Å². The minimum absolute atomic E-state index is 0.0780. The molecule has 0 aliphatic heterocycles. The Labute approximate surface area is 180 Å². The zero-order chi connectivity index (χ0) is 22.8. The molecule has 0 saturated carbocycles. The average Bonchev–Trinajstić information content (AvgIpc) is 3.16. The number of nitrogens with zero attached hydrogens (tertiary/aromatic N) is 3. The van der Waals surface area contributed by atoms with Crippen LogP contribution in [-0.2, 0) is 24.0 Å². The molecule has 0 fully saturated rings. The molecule has 1 aromatic carbocycles. The molecule has 31 heavy (non-hydrogen) atoms. The quantitative estimate of drug-likeness (QED) is 0.510. The Kier molecular flexibility index (Phi) is 6.54. The van der Waals surface area contributed by atoms with Crippen LogP contribution < -0.4 is 5.43 Å². The summed E-state index contributed by atoms with van der Waals surface area (Å²) in [5.74, 6) is -0.783. The molecule has 3 rings (SSSR count). The number of carbonyl (C=O) groups is 1. The van der Waals surface area contributed by atoms with Gasteiger partial charge in [-0.1, -0.05) is 23.7 Å². The first-order valence-corrected chi connectivity index (χ1v) is 9.83. The van der Waals surface area contributed by atoms with E-state index in [9.17, 15) is 22.8 Å². The van der Waals surface area contributed by atoms with E-state index in [4.69, 9.17) is 16.3 Å². The summed E-state index contributed by atoms with van der Waals surface area (Å²) in [5.41, 5.74) is -0.618. The zero-order valence-corrected chi connectivity index (χ0v) is 17.5. The molecule has 2 heterocycles. The van der Waals surface area contributed by atoms with Gasteiger partial charge >= 0.3 is 12.1 Å². The minimum atomic E-state index is -4.57. The van der Waals surface area contributed by atoms with Gasteiger partial charge in [-0.3, -0.25) is 9.48 Å². The van der Waals surface area contributed by atoms with E-state index in [2.05, 4.69) is 5.10 Å². The third-order valence-corrected chi connectivity index (χ3v) is 4.78. The summed E-state index contributed by atoms with van der Waals surface area (Å²) in [6.07, 6.45) is -3.39. The molecule has 0 unspecified atom stereocenters. The second kappa shape index (κ2) is 8.97. The second-order valence-electron chi connectivity index (χ2n) is 6.59. The lowest BCUT2D eigenvalue weighted by Crippen LogP contribution is -2.26. The molecule has 10 heteroatoms. The van der Waals surface area contributed by atoms with Gasteiger partial charge in [0.2, 0.25) is 0 Å². The van der Waals surface area contributed by atoms with Crippen LogP contribution in [0, 0.1) is 0 Å². The van der Waals surface area contributed by atoms with Crippen molar-refractivity contribution in [2.75, 3.05) is 6.61 Å². The molecule has 6 nitrogen and oxygen atoms in total. The van der Waals surface area contributed by atoms with Crippen molar-refractivity contribution >= 4 is 17.6 Å². The van der Waals surface area contributed by atoms with E-state index in [1.165, 1.54) is 12.3 Å². The maximum Gasteiger partial charge on any atom is 0.435 e. The van der Waals surface area contributed by atoms with Crippen molar-refractivity contribution in [2.24, 2.45) is 0 Å². The lowest BCUT2D eigenvalue weighted by Gasteiger charge is -2.20. The standard InChI is InChI=1S/C21H19ClF3N3O3/c1-3-28-15(12-27-9-8-17(26-27)21(23,24)25)11-16(29)18(20(30)31-4-2)19(28)13-6-5-7-14(22)10-13/h5-11H,3-4,12H2,1-2H3. The second-order valence-corrected chi connectivity index (χ2v) is 7.03. The normalized spacial score (nSPS) is 11.5. The highest BCUT2D eigenvalue weighted by atomic mass is 35.5. The molecule has 0 spiro atoms. The summed E-state index contributed by atoms with van der Waals surface area (Å²) in [7, 11) is 0. The number of hydrogen-bond donors (Lipinski definition) is 0. The van der Waals surface area contributed by atoms with Crippen LogP contribution in [0.3, 0.4) is 0 Å². The Balaban J connectivity index is 2.21. The summed E-state index contributed by atoms with van der Waals surface area (Å²) >= 11 is 6.11. The number of aromatic nitrogens is 3. The Bertz CT molecular complexity index is 1170. The van der Waals surface area contributed by atoms with Gasteiger partial charge in [-0.05, 0) is 32.0 Å². The minimum Gasteiger partial charge on any atom is -0.462 e. The van der Waals surface area contributed by atoms with Crippen LogP contribution in [0.2, 0.25) is 5.02 Å². The van der Waals surface area contributed by atoms with Crippen LogP contribution in [0.5, 0.6) is 0 Å². The van der Waals surface area contributed by atoms with E-state index in [0.717, 1.165) is 10.7 Å². The zero-order valence-electron chi connectivity index (χ0n) is 16.7. The highest BCUT2D eigenvalue weighted by Gasteiger charge is 2.33. The Hall–Kier alpha value is -3.07. The third-order valence-electron chi connectivity index (χ3n) is 4.55. The molecule has 0 aliphatic carbocycles. The Morgan fingerprint density at radius 3 is 2.52 bits per heavy atom. The molecule has 0 N–H and O–H groups in total. The first kappa shape index (κ1) is 22.6. The SMILES string of the molecule is CCOC(=O)c1c(-c2cccc(Cl)c2)n(CC)c(Cn2ccc(C(F)(F)F)n2)cc1=O. The fourth-order valence-electron chi connectivity index (χ4n) is 3.29. The number of rotatable bonds is 6. The van der Waals surface area contributed by atoms with Gasteiger partial charge in [-0.15, -0.1) is 0 Å². The number of halogens is 4. The number of benzene rings is 1. The molecule has 0 amide bonds. The van der Waals surface area contributed by atoms with Crippen LogP contribution >= 0.6 is 11.6 Å². The van der Waals surface area contributed by atoms with E-state index in [1.54, 1.807) is 42.7 Å². The van der Waals surface area contributed by atoms with Gasteiger partial charge in [0.25, 0.3) is 0 Å². The predicted octanol–water partition coefficient (Wildman–Crippen LogP) is 4.63. The highest BCUT2D eigenvalue weighted by molar-refractivity contribution is 6.30. The van der Waals surface area contributed by atoms with E-state index in [0.29, 0.717) is 22.8 Å². The van der Waals surface area contributed by atoms with Gasteiger partial charge in [0.1, 0.15) is 5.56 Å². The predicted molar refractivity (Wildman–Crippen MR) is 109 cm³/mol. The van der Waals surface area contributed by atoms with Crippen molar-refractivity contribution in [3.8, 4) is 11.3 Å². The van der Waals surface area contributed by atoms with Crippen LogP contribution in [0.4, 0.5) is 13.2 Å². The number of ether oxygens (including phenoxy) is 1. The van der Waals surface area contributed by atoms with Crippen molar-refractivity contribution in [2.45, 2.75) is 33.1 Å². The van der Waals surface area contributed by atoms with Gasteiger partial charge < -0.3 is 9.30 Å². The molecule has 0 aliphatic rings. The summed E-state index contributed by atoms with van der Waals surface area (Å²) < 4.78 is 46.5. The Morgan fingerprint density at radius 1 is 1.19 bits per heavy atom. The number of pyridine rings is 1. The van der Waals surface area contributed by atoms with Crippen LogP contribution in [-0.4, -0.2) is 26.9 Å². The largest absolute Gasteiger partial charge is 0.462 e. The average molecular weight is 454 g/mol. The molecule has 2 aromatic heterocycles. The van der Waals surface area contributed by atoms with Gasteiger partial charge in [-0.25, -0.2) is 4.79 Å². The first-order chi connectivity index (χ1) is 14.7. The molecule has 0 saturated heterocycles. The molecule has 0 atom stereocenters. The van der Waals surface area contributed by atoms with Crippen molar-refractivity contribution in [1.29, 1.82) is 0 Å².